The van der Waals surface area contributed by atoms with Crippen LogP contribution >= 0.6 is 34.8 Å². The lowest BCUT2D eigenvalue weighted by molar-refractivity contribution is 0.169. The molecule has 0 saturated heterocycles. The first-order valence-electron chi connectivity index (χ1n) is 11.3. The van der Waals surface area contributed by atoms with Gasteiger partial charge in [0.25, 0.3) is 0 Å². The van der Waals surface area contributed by atoms with Crippen LogP contribution in [0.1, 0.15) is 52.5 Å². The van der Waals surface area contributed by atoms with E-state index in [-0.39, 0.29) is 19.3 Å². The number of aliphatic hydroxyl groups excluding tert-OH is 3. The number of halogens is 3. The van der Waals surface area contributed by atoms with Crippen molar-refractivity contribution in [2.24, 2.45) is 0 Å². The van der Waals surface area contributed by atoms with Crippen LogP contribution in [0.15, 0.2) is 72.8 Å². The van der Waals surface area contributed by atoms with Crippen LogP contribution in [-0.2, 0) is 19.3 Å². The number of benzene rings is 3. The van der Waals surface area contributed by atoms with E-state index < -0.39 is 18.3 Å². The molecular formula is C27H24Cl3N3O3. The van der Waals surface area contributed by atoms with Gasteiger partial charge >= 0.3 is 0 Å². The second kappa shape index (κ2) is 12.1. The van der Waals surface area contributed by atoms with Crippen molar-refractivity contribution in [3.63, 3.8) is 0 Å². The third-order valence-electron chi connectivity index (χ3n) is 5.69. The highest BCUT2D eigenvalue weighted by Gasteiger charge is 2.20. The van der Waals surface area contributed by atoms with E-state index in [0.717, 1.165) is 0 Å². The van der Waals surface area contributed by atoms with Crippen LogP contribution in [0, 0.1) is 0 Å². The summed E-state index contributed by atoms with van der Waals surface area (Å²) >= 11 is 18.7. The summed E-state index contributed by atoms with van der Waals surface area (Å²) < 4.78 is 0. The zero-order valence-electron chi connectivity index (χ0n) is 19.1. The summed E-state index contributed by atoms with van der Waals surface area (Å²) in [6.45, 7) is 0. The zero-order chi connectivity index (χ0) is 25.7. The van der Waals surface area contributed by atoms with Gasteiger partial charge < -0.3 is 15.3 Å². The Labute approximate surface area is 224 Å². The summed E-state index contributed by atoms with van der Waals surface area (Å²) in [7, 11) is 0. The van der Waals surface area contributed by atoms with E-state index in [0.29, 0.717) is 49.2 Å². The first kappa shape index (κ1) is 26.5. The zero-order valence-corrected chi connectivity index (χ0v) is 21.4. The van der Waals surface area contributed by atoms with Crippen LogP contribution in [0.2, 0.25) is 15.1 Å². The fraction of sp³-hybridized carbons (Fsp3) is 0.222. The SMILES string of the molecule is OC(Cc1nc(CC(O)c2ccccc2Cl)nc(CC(O)c2ccccc2Cl)n1)c1ccccc1Cl. The van der Waals surface area contributed by atoms with Gasteiger partial charge in [0.05, 0.1) is 18.3 Å². The maximum Gasteiger partial charge on any atom is 0.135 e. The Morgan fingerprint density at radius 1 is 0.472 bits per heavy atom. The molecule has 6 nitrogen and oxygen atoms in total. The molecule has 0 aliphatic heterocycles. The highest BCUT2D eigenvalue weighted by atomic mass is 35.5. The fourth-order valence-corrected chi connectivity index (χ4v) is 4.67. The molecule has 0 aliphatic rings. The van der Waals surface area contributed by atoms with Crippen LogP contribution in [0.3, 0.4) is 0 Å². The van der Waals surface area contributed by atoms with Gasteiger partial charge in [-0.2, -0.15) is 0 Å². The smallest absolute Gasteiger partial charge is 0.135 e. The first-order valence-corrected chi connectivity index (χ1v) is 12.5. The van der Waals surface area contributed by atoms with Gasteiger partial charge in [0.15, 0.2) is 0 Å². The van der Waals surface area contributed by atoms with Gasteiger partial charge in [0.2, 0.25) is 0 Å². The molecule has 3 N–H and O–H groups in total. The normalized spacial score (nSPS) is 13.8. The van der Waals surface area contributed by atoms with Gasteiger partial charge in [-0.25, -0.2) is 15.0 Å². The third kappa shape index (κ3) is 6.59. The monoisotopic (exact) mass is 543 g/mol. The van der Waals surface area contributed by atoms with Gasteiger partial charge in [-0.05, 0) is 34.9 Å². The van der Waals surface area contributed by atoms with E-state index in [9.17, 15) is 15.3 Å². The molecule has 4 rings (SSSR count). The van der Waals surface area contributed by atoms with Crippen molar-refractivity contribution in [1.82, 2.24) is 15.0 Å². The summed E-state index contributed by atoms with van der Waals surface area (Å²) in [6, 6.07) is 21.0. The molecule has 3 unspecified atom stereocenters. The Bertz CT molecular complexity index is 1170. The summed E-state index contributed by atoms with van der Waals surface area (Å²) in [4.78, 5) is 13.5. The molecule has 36 heavy (non-hydrogen) atoms. The molecule has 0 saturated carbocycles. The molecule has 0 bridgehead atoms. The van der Waals surface area contributed by atoms with E-state index in [1.165, 1.54) is 0 Å². The molecule has 1 aromatic heterocycles. The van der Waals surface area contributed by atoms with E-state index in [2.05, 4.69) is 15.0 Å². The molecule has 186 valence electrons. The van der Waals surface area contributed by atoms with Crippen molar-refractivity contribution in [1.29, 1.82) is 0 Å². The van der Waals surface area contributed by atoms with Gasteiger partial charge in [0, 0.05) is 34.3 Å². The van der Waals surface area contributed by atoms with E-state index in [1.54, 1.807) is 72.8 Å². The molecule has 4 aromatic rings. The van der Waals surface area contributed by atoms with Gasteiger partial charge in [0.1, 0.15) is 17.5 Å². The molecule has 0 amide bonds. The highest BCUT2D eigenvalue weighted by Crippen LogP contribution is 2.28. The lowest BCUT2D eigenvalue weighted by atomic mass is 10.0. The molecular weight excluding hydrogens is 521 g/mol. The quantitative estimate of drug-likeness (QED) is 0.251. The molecule has 0 aliphatic carbocycles. The maximum atomic E-state index is 10.8. The number of hydrogen-bond acceptors (Lipinski definition) is 6. The molecule has 9 heteroatoms. The number of aliphatic hydroxyl groups is 3. The minimum absolute atomic E-state index is 0.0661. The average Bonchev–Trinajstić information content (AvgIpc) is 2.84. The lowest BCUT2D eigenvalue weighted by Gasteiger charge is -2.16. The molecule has 0 spiro atoms. The minimum atomic E-state index is -0.955. The van der Waals surface area contributed by atoms with Crippen LogP contribution < -0.4 is 0 Å². The topological polar surface area (TPSA) is 99.4 Å². The number of nitrogens with zero attached hydrogens (tertiary/aromatic N) is 3. The molecule has 0 fully saturated rings. The van der Waals surface area contributed by atoms with Crippen molar-refractivity contribution in [3.05, 3.63) is 122 Å². The summed E-state index contributed by atoms with van der Waals surface area (Å²) in [5.41, 5.74) is 1.65. The Morgan fingerprint density at radius 2 is 0.722 bits per heavy atom. The second-order valence-electron chi connectivity index (χ2n) is 8.31. The summed E-state index contributed by atoms with van der Waals surface area (Å²) in [6.07, 6.45) is -2.67. The number of hydrogen-bond donors (Lipinski definition) is 3. The summed E-state index contributed by atoms with van der Waals surface area (Å²) in [5, 5.41) is 33.7. The van der Waals surface area contributed by atoms with Crippen molar-refractivity contribution < 1.29 is 15.3 Å². The highest BCUT2D eigenvalue weighted by molar-refractivity contribution is 6.32. The van der Waals surface area contributed by atoms with Gasteiger partial charge in [-0.1, -0.05) is 89.4 Å². The predicted molar refractivity (Wildman–Crippen MR) is 140 cm³/mol. The van der Waals surface area contributed by atoms with Crippen molar-refractivity contribution in [2.75, 3.05) is 0 Å². The fourth-order valence-electron chi connectivity index (χ4n) is 3.88. The standard InChI is InChI=1S/C27H24Cl3N3O3/c28-19-10-4-1-7-16(19)22(34)13-25-31-26(14-23(35)17-8-2-5-11-20(17)29)33-27(32-25)15-24(36)18-9-3-6-12-21(18)30/h1-12,22-24,34-36H,13-15H2. The van der Waals surface area contributed by atoms with Crippen LogP contribution in [0.4, 0.5) is 0 Å². The molecule has 3 aromatic carbocycles. The minimum Gasteiger partial charge on any atom is -0.388 e. The average molecular weight is 545 g/mol. The van der Waals surface area contributed by atoms with Gasteiger partial charge in [-0.15, -0.1) is 0 Å². The largest absolute Gasteiger partial charge is 0.388 e. The molecule has 3 atom stereocenters. The molecule has 1 heterocycles. The van der Waals surface area contributed by atoms with Gasteiger partial charge in [-0.3, -0.25) is 0 Å². The maximum absolute atomic E-state index is 10.8. The molecule has 0 radical (unpaired) electrons. The third-order valence-corrected chi connectivity index (χ3v) is 6.73. The van der Waals surface area contributed by atoms with Crippen LogP contribution in [0.25, 0.3) is 0 Å². The Hall–Kier alpha value is -2.58. The Balaban J connectivity index is 1.63. The van der Waals surface area contributed by atoms with E-state index >= 15 is 0 Å². The second-order valence-corrected chi connectivity index (χ2v) is 9.53. The van der Waals surface area contributed by atoms with E-state index in [1.807, 2.05) is 0 Å². The van der Waals surface area contributed by atoms with E-state index in [4.69, 9.17) is 34.8 Å². The Morgan fingerprint density at radius 3 is 0.972 bits per heavy atom. The van der Waals surface area contributed by atoms with Crippen LogP contribution in [-0.4, -0.2) is 30.3 Å². The summed E-state index contributed by atoms with van der Waals surface area (Å²) in [5.74, 6) is 0.917. The van der Waals surface area contributed by atoms with Crippen molar-refractivity contribution in [2.45, 2.75) is 37.6 Å². The predicted octanol–water partition coefficient (Wildman–Crippen LogP) is 5.66. The Kier molecular flexibility index (Phi) is 8.90. The first-order chi connectivity index (χ1) is 17.3. The van der Waals surface area contributed by atoms with Crippen LogP contribution in [0.5, 0.6) is 0 Å². The lowest BCUT2D eigenvalue weighted by Crippen LogP contribution is -2.16. The number of aromatic nitrogens is 3. The number of rotatable bonds is 9. The van der Waals surface area contributed by atoms with Crippen molar-refractivity contribution >= 4 is 34.8 Å². The van der Waals surface area contributed by atoms with Crippen molar-refractivity contribution in [3.8, 4) is 0 Å².